The van der Waals surface area contributed by atoms with Crippen molar-refractivity contribution < 1.29 is 27.8 Å². The Bertz CT molecular complexity index is 1580. The third kappa shape index (κ3) is 5.58. The van der Waals surface area contributed by atoms with Crippen molar-refractivity contribution in [1.29, 1.82) is 0 Å². The molecule has 2 heterocycles. The normalized spacial score (nSPS) is 19.5. The van der Waals surface area contributed by atoms with Crippen LogP contribution in [0.15, 0.2) is 76.5 Å². The predicted octanol–water partition coefficient (Wildman–Crippen LogP) is 7.43. The number of hydrogen-bond acceptors (Lipinski definition) is 5. The number of ether oxygens (including phenoxy) is 1. The van der Waals surface area contributed by atoms with Gasteiger partial charge in [-0.2, -0.15) is 0 Å². The largest absolute Gasteiger partial charge is 0.458 e. The average Bonchev–Trinajstić information content (AvgIpc) is 3.75. The van der Waals surface area contributed by atoms with Crippen LogP contribution in [0.5, 0.6) is 0 Å². The van der Waals surface area contributed by atoms with Crippen molar-refractivity contribution >= 4 is 34.7 Å². The Kier molecular flexibility index (Phi) is 6.91. The molecule has 2 fully saturated rings. The summed E-state index contributed by atoms with van der Waals surface area (Å²) >= 11 is 1.38. The number of carbonyl (C=O) groups excluding carboxylic acids is 1. The number of aromatic nitrogens is 1. The minimum atomic E-state index is -0.773. The van der Waals surface area contributed by atoms with Crippen LogP contribution in [0, 0.1) is 17.5 Å². The van der Waals surface area contributed by atoms with Crippen molar-refractivity contribution in [2.45, 2.75) is 53.6 Å². The average molecular weight is 548 g/mol. The first kappa shape index (κ1) is 25.6. The Labute approximate surface area is 227 Å². The molecule has 0 unspecified atom stereocenters. The van der Waals surface area contributed by atoms with Crippen LogP contribution in [0.1, 0.15) is 42.9 Å². The third-order valence-electron chi connectivity index (χ3n) is 6.91. The van der Waals surface area contributed by atoms with Crippen molar-refractivity contribution in [2.75, 3.05) is 0 Å². The summed E-state index contributed by atoms with van der Waals surface area (Å²) in [5.41, 5.74) is 3.09. The summed E-state index contributed by atoms with van der Waals surface area (Å²) < 4.78 is 48.1. The molecule has 1 aliphatic heterocycles. The number of halogens is 3. The van der Waals surface area contributed by atoms with Gasteiger partial charge in [0.05, 0.1) is 23.7 Å². The molecule has 4 nitrogen and oxygen atoms in total. The number of fused-ring (bicyclic) bond motifs is 1. The topological polar surface area (TPSA) is 59.4 Å². The molecule has 0 bridgehead atoms. The molecule has 0 spiro atoms. The molecular formula is C31H24F3NO3S. The standard InChI is InChI=1S/C31H24F3NO3S/c32-19-5-3-17(4-6-19)25-16-28-26(15-27(25)34)31(39-23-10-7-20(33)8-11-23)24(30(35-28)18-1-2-18)12-9-22-13-21(36)14-29(37)38-22/h3-12,15-16,18,21-22,36H,1-2,13-14H2/b12-9+/t21-,22-/m1/s1. The number of carbonyl (C=O) groups is 1. The second-order valence-corrected chi connectivity index (χ2v) is 11.0. The van der Waals surface area contributed by atoms with E-state index in [2.05, 4.69) is 0 Å². The number of hydrogen-bond donors (Lipinski definition) is 1. The number of pyridine rings is 1. The molecule has 39 heavy (non-hydrogen) atoms. The molecule has 0 radical (unpaired) electrons. The maximum atomic E-state index is 15.6. The van der Waals surface area contributed by atoms with Gasteiger partial charge in [-0.15, -0.1) is 0 Å². The van der Waals surface area contributed by atoms with Crippen molar-refractivity contribution in [3.05, 3.63) is 95.4 Å². The molecule has 2 atom stereocenters. The molecule has 3 aromatic carbocycles. The van der Waals surface area contributed by atoms with E-state index in [4.69, 9.17) is 9.72 Å². The molecule has 1 saturated carbocycles. The van der Waals surface area contributed by atoms with Gasteiger partial charge in [-0.1, -0.05) is 30.0 Å². The van der Waals surface area contributed by atoms with Crippen LogP contribution in [0.25, 0.3) is 28.1 Å². The number of nitrogens with zero attached hydrogens (tertiary/aromatic N) is 1. The Balaban J connectivity index is 1.52. The fourth-order valence-electron chi connectivity index (χ4n) is 4.83. The molecule has 198 valence electrons. The SMILES string of the molecule is O=C1C[C@H](O)C[C@@H](/C=C/c2c(C3CC3)nc3cc(-c4ccc(F)cc4)c(F)cc3c2Sc2ccc(F)cc2)O1. The summed E-state index contributed by atoms with van der Waals surface area (Å²) in [4.78, 5) is 18.4. The van der Waals surface area contributed by atoms with Gasteiger partial charge in [0, 0.05) is 38.6 Å². The molecule has 1 N–H and O–H groups in total. The summed E-state index contributed by atoms with van der Waals surface area (Å²) in [7, 11) is 0. The molecule has 4 aromatic rings. The number of esters is 1. The number of cyclic esters (lactones) is 1. The van der Waals surface area contributed by atoms with E-state index in [1.807, 2.05) is 6.08 Å². The van der Waals surface area contributed by atoms with Crippen molar-refractivity contribution in [2.24, 2.45) is 0 Å². The first-order valence-electron chi connectivity index (χ1n) is 12.8. The lowest BCUT2D eigenvalue weighted by Gasteiger charge is -2.23. The zero-order valence-corrected chi connectivity index (χ0v) is 21.6. The van der Waals surface area contributed by atoms with Crippen LogP contribution in [0.4, 0.5) is 13.2 Å². The fourth-order valence-corrected chi connectivity index (χ4v) is 5.89. The van der Waals surface area contributed by atoms with Crippen LogP contribution in [-0.4, -0.2) is 28.3 Å². The van der Waals surface area contributed by atoms with Crippen molar-refractivity contribution in [3.63, 3.8) is 0 Å². The van der Waals surface area contributed by atoms with Crippen LogP contribution < -0.4 is 0 Å². The second-order valence-electron chi connectivity index (χ2n) is 9.91. The van der Waals surface area contributed by atoms with E-state index in [0.717, 1.165) is 33.9 Å². The van der Waals surface area contributed by atoms with Gasteiger partial charge in [0.1, 0.15) is 23.6 Å². The maximum Gasteiger partial charge on any atom is 0.309 e. The smallest absolute Gasteiger partial charge is 0.309 e. The highest BCUT2D eigenvalue weighted by Crippen LogP contribution is 2.47. The summed E-state index contributed by atoms with van der Waals surface area (Å²) in [6.45, 7) is 0. The van der Waals surface area contributed by atoms with Crippen LogP contribution in [0.3, 0.4) is 0 Å². The molecule has 1 aliphatic carbocycles. The van der Waals surface area contributed by atoms with Gasteiger partial charge in [-0.3, -0.25) is 9.78 Å². The van der Waals surface area contributed by atoms with E-state index in [1.165, 1.54) is 54.2 Å². The monoisotopic (exact) mass is 547 g/mol. The van der Waals surface area contributed by atoms with Crippen molar-refractivity contribution in [1.82, 2.24) is 4.98 Å². The van der Waals surface area contributed by atoms with Crippen molar-refractivity contribution in [3.8, 4) is 11.1 Å². The molecule has 8 heteroatoms. The number of aliphatic hydroxyl groups excluding tert-OH is 1. The third-order valence-corrected chi connectivity index (χ3v) is 8.06. The zero-order valence-electron chi connectivity index (χ0n) is 20.7. The minimum absolute atomic E-state index is 0.0312. The van der Waals surface area contributed by atoms with Crippen LogP contribution >= 0.6 is 11.8 Å². The van der Waals surface area contributed by atoms with Gasteiger partial charge >= 0.3 is 5.97 Å². The van der Waals surface area contributed by atoms with E-state index < -0.39 is 29.8 Å². The fraction of sp³-hybridized carbons (Fsp3) is 0.226. The van der Waals surface area contributed by atoms with Crippen LogP contribution in [-0.2, 0) is 9.53 Å². The summed E-state index contributed by atoms with van der Waals surface area (Å²) in [6.07, 6.45) is 4.40. The molecule has 1 saturated heterocycles. The Morgan fingerprint density at radius 1 is 0.974 bits per heavy atom. The predicted molar refractivity (Wildman–Crippen MR) is 144 cm³/mol. The summed E-state index contributed by atoms with van der Waals surface area (Å²) in [6, 6.07) is 14.9. The van der Waals surface area contributed by atoms with Gasteiger partial charge in [-0.25, -0.2) is 13.2 Å². The molecule has 6 rings (SSSR count). The lowest BCUT2D eigenvalue weighted by Crippen LogP contribution is -2.31. The van der Waals surface area contributed by atoms with Gasteiger partial charge in [-0.05, 0) is 73.0 Å². The van der Waals surface area contributed by atoms with Crippen LogP contribution in [0.2, 0.25) is 0 Å². The van der Waals surface area contributed by atoms with Gasteiger partial charge < -0.3 is 9.84 Å². The molecule has 0 amide bonds. The van der Waals surface area contributed by atoms with Gasteiger partial charge in [0.15, 0.2) is 0 Å². The first-order valence-corrected chi connectivity index (χ1v) is 13.6. The van der Waals surface area contributed by atoms with E-state index in [1.54, 1.807) is 24.3 Å². The maximum absolute atomic E-state index is 15.6. The van der Waals surface area contributed by atoms with E-state index in [-0.39, 0.29) is 24.6 Å². The summed E-state index contributed by atoms with van der Waals surface area (Å²) in [5.74, 6) is -1.47. The minimum Gasteiger partial charge on any atom is -0.458 e. The quantitative estimate of drug-likeness (QED) is 0.255. The number of rotatable bonds is 6. The lowest BCUT2D eigenvalue weighted by atomic mass is 9.99. The highest BCUT2D eigenvalue weighted by atomic mass is 32.2. The number of benzene rings is 3. The summed E-state index contributed by atoms with van der Waals surface area (Å²) in [5, 5.41) is 10.6. The first-order chi connectivity index (χ1) is 18.8. The Morgan fingerprint density at radius 2 is 1.67 bits per heavy atom. The molecule has 2 aliphatic rings. The Hall–Kier alpha value is -3.62. The van der Waals surface area contributed by atoms with Gasteiger partial charge in [0.25, 0.3) is 0 Å². The lowest BCUT2D eigenvalue weighted by molar-refractivity contribution is -0.156. The van der Waals surface area contributed by atoms with E-state index >= 15 is 4.39 Å². The second kappa shape index (κ2) is 10.5. The molecule has 1 aromatic heterocycles. The highest BCUT2D eigenvalue weighted by molar-refractivity contribution is 7.99. The Morgan fingerprint density at radius 3 is 2.33 bits per heavy atom. The molecular weight excluding hydrogens is 523 g/mol. The highest BCUT2D eigenvalue weighted by Gasteiger charge is 2.31. The van der Waals surface area contributed by atoms with E-state index in [0.29, 0.717) is 22.0 Å². The zero-order chi connectivity index (χ0) is 27.1. The van der Waals surface area contributed by atoms with E-state index in [9.17, 15) is 18.7 Å². The van der Waals surface area contributed by atoms with Gasteiger partial charge in [0.2, 0.25) is 0 Å². The number of aliphatic hydroxyl groups is 1.